The first-order valence-electron chi connectivity index (χ1n) is 9.36. The molecule has 6 heteroatoms. The summed E-state index contributed by atoms with van der Waals surface area (Å²) in [4.78, 5) is 25.4. The van der Waals surface area contributed by atoms with Crippen LogP contribution in [0.15, 0.2) is 36.4 Å². The molecule has 1 atom stereocenters. The SMILES string of the molecule is Cc1nc2cccc3c2nc1NCC#CC/C=C/C1CNC(=O)c2cc-3[nH]c21. The minimum absolute atomic E-state index is 0.0485. The summed E-state index contributed by atoms with van der Waals surface area (Å²) >= 11 is 0. The predicted molar refractivity (Wildman–Crippen MR) is 109 cm³/mol. The van der Waals surface area contributed by atoms with Crippen molar-refractivity contribution in [2.45, 2.75) is 19.3 Å². The fourth-order valence-electron chi connectivity index (χ4n) is 3.76. The van der Waals surface area contributed by atoms with Gasteiger partial charge in [-0.15, -0.1) is 0 Å². The number of nitrogens with one attached hydrogen (secondary N) is 3. The highest BCUT2D eigenvalue weighted by Crippen LogP contribution is 2.33. The quantitative estimate of drug-likeness (QED) is 0.420. The van der Waals surface area contributed by atoms with Crippen LogP contribution in [0.5, 0.6) is 0 Å². The molecule has 5 rings (SSSR count). The van der Waals surface area contributed by atoms with Crippen molar-refractivity contribution < 1.29 is 4.79 Å². The number of aromatic nitrogens is 3. The maximum atomic E-state index is 12.4. The number of aryl methyl sites for hydroxylation is 1. The van der Waals surface area contributed by atoms with E-state index in [2.05, 4.69) is 39.6 Å². The molecule has 0 saturated heterocycles. The molecular formula is C22H19N5O. The minimum atomic E-state index is -0.0485. The number of para-hydroxylation sites is 1. The van der Waals surface area contributed by atoms with E-state index in [4.69, 9.17) is 9.97 Å². The first kappa shape index (κ1) is 16.6. The van der Waals surface area contributed by atoms with Gasteiger partial charge in [0.1, 0.15) is 11.3 Å². The standard InChI is InChI=1S/C22H19N5O/c1-13-21-23-10-5-3-2-4-7-14-12-24-22(28)16-11-18(26-19(14)16)15-8-6-9-17(25-13)20(15)27-21/h4,6-9,11,14,26H,2,10,12H2,1H3,(H,23,27)(H,24,28)/b7-4+. The van der Waals surface area contributed by atoms with Crippen LogP contribution in [-0.4, -0.2) is 33.9 Å². The number of carbonyl (C=O) groups is 1. The summed E-state index contributed by atoms with van der Waals surface area (Å²) in [6, 6.07) is 7.85. The van der Waals surface area contributed by atoms with Gasteiger partial charge in [0, 0.05) is 35.8 Å². The van der Waals surface area contributed by atoms with Gasteiger partial charge in [0.15, 0.2) is 0 Å². The maximum Gasteiger partial charge on any atom is 0.253 e. The van der Waals surface area contributed by atoms with Gasteiger partial charge in [-0.05, 0) is 19.1 Å². The molecule has 0 saturated carbocycles. The molecule has 4 heterocycles. The van der Waals surface area contributed by atoms with E-state index in [0.717, 1.165) is 39.5 Å². The molecular weight excluding hydrogens is 350 g/mol. The zero-order valence-corrected chi connectivity index (χ0v) is 15.5. The Morgan fingerprint density at radius 3 is 3.00 bits per heavy atom. The number of hydrogen-bond acceptors (Lipinski definition) is 4. The van der Waals surface area contributed by atoms with Gasteiger partial charge < -0.3 is 15.6 Å². The van der Waals surface area contributed by atoms with E-state index in [-0.39, 0.29) is 11.8 Å². The molecule has 4 bridgehead atoms. The zero-order valence-electron chi connectivity index (χ0n) is 15.5. The molecule has 1 amide bonds. The van der Waals surface area contributed by atoms with E-state index >= 15 is 0 Å². The second-order valence-corrected chi connectivity index (χ2v) is 7.00. The van der Waals surface area contributed by atoms with Gasteiger partial charge in [-0.2, -0.15) is 0 Å². The average Bonchev–Trinajstić information content (AvgIpc) is 3.14. The Kier molecular flexibility index (Phi) is 3.87. The van der Waals surface area contributed by atoms with Crippen LogP contribution in [0.1, 0.15) is 34.1 Å². The summed E-state index contributed by atoms with van der Waals surface area (Å²) in [5.41, 5.74) is 5.88. The van der Waals surface area contributed by atoms with E-state index in [9.17, 15) is 4.79 Å². The van der Waals surface area contributed by atoms with E-state index in [1.807, 2.05) is 31.2 Å². The van der Waals surface area contributed by atoms with Crippen molar-refractivity contribution in [2.24, 2.45) is 0 Å². The fraction of sp³-hybridized carbons (Fsp3) is 0.227. The van der Waals surface area contributed by atoms with Gasteiger partial charge in [-0.3, -0.25) is 4.79 Å². The Bertz CT molecular complexity index is 1190. The van der Waals surface area contributed by atoms with Crippen molar-refractivity contribution in [3.8, 4) is 23.1 Å². The first-order valence-corrected chi connectivity index (χ1v) is 9.36. The molecule has 138 valence electrons. The van der Waals surface area contributed by atoms with Crippen LogP contribution >= 0.6 is 0 Å². The minimum Gasteiger partial charge on any atom is -0.358 e. The lowest BCUT2D eigenvalue weighted by molar-refractivity contribution is 0.0943. The van der Waals surface area contributed by atoms with Crippen LogP contribution in [0.3, 0.4) is 0 Å². The summed E-state index contributed by atoms with van der Waals surface area (Å²) in [6.07, 6.45) is 4.84. The van der Waals surface area contributed by atoms with E-state index in [0.29, 0.717) is 25.1 Å². The number of allylic oxidation sites excluding steroid dienone is 1. The van der Waals surface area contributed by atoms with Gasteiger partial charge in [0.2, 0.25) is 0 Å². The molecule has 2 aromatic heterocycles. The van der Waals surface area contributed by atoms with Crippen LogP contribution in [0.4, 0.5) is 5.82 Å². The van der Waals surface area contributed by atoms with Crippen molar-refractivity contribution in [1.29, 1.82) is 0 Å². The van der Waals surface area contributed by atoms with Crippen LogP contribution in [0, 0.1) is 18.8 Å². The molecule has 1 aromatic carbocycles. The third-order valence-electron chi connectivity index (χ3n) is 5.16. The highest BCUT2D eigenvalue weighted by atomic mass is 16.1. The van der Waals surface area contributed by atoms with Crippen LogP contribution in [-0.2, 0) is 0 Å². The number of aromatic amines is 1. The summed E-state index contributed by atoms with van der Waals surface area (Å²) < 4.78 is 0. The highest BCUT2D eigenvalue weighted by molar-refractivity contribution is 6.00. The zero-order chi connectivity index (χ0) is 19.1. The summed E-state index contributed by atoms with van der Waals surface area (Å²) in [5, 5.41) is 6.25. The van der Waals surface area contributed by atoms with Crippen molar-refractivity contribution in [3.63, 3.8) is 0 Å². The molecule has 1 unspecified atom stereocenters. The molecule has 2 aliphatic heterocycles. The Morgan fingerprint density at radius 1 is 1.14 bits per heavy atom. The average molecular weight is 369 g/mol. The van der Waals surface area contributed by atoms with Gasteiger partial charge in [-0.25, -0.2) is 9.97 Å². The Balaban J connectivity index is 1.76. The van der Waals surface area contributed by atoms with Gasteiger partial charge >= 0.3 is 0 Å². The number of hydrogen-bond donors (Lipinski definition) is 3. The maximum absolute atomic E-state index is 12.4. The molecule has 3 N–H and O–H groups in total. The smallest absolute Gasteiger partial charge is 0.253 e. The topological polar surface area (TPSA) is 82.7 Å². The normalized spacial score (nSPS) is 19.0. The third kappa shape index (κ3) is 2.72. The van der Waals surface area contributed by atoms with Gasteiger partial charge in [0.05, 0.1) is 23.3 Å². The number of rotatable bonds is 0. The molecule has 0 aliphatic carbocycles. The molecule has 3 aromatic rings. The van der Waals surface area contributed by atoms with E-state index in [1.165, 1.54) is 0 Å². The Morgan fingerprint density at radius 2 is 2.07 bits per heavy atom. The van der Waals surface area contributed by atoms with Gasteiger partial charge in [-0.1, -0.05) is 36.1 Å². The molecule has 0 radical (unpaired) electrons. The lowest BCUT2D eigenvalue weighted by Gasteiger charge is -2.20. The van der Waals surface area contributed by atoms with Crippen molar-refractivity contribution >= 4 is 22.8 Å². The second-order valence-electron chi connectivity index (χ2n) is 7.00. The first-order chi connectivity index (χ1) is 13.7. The predicted octanol–water partition coefficient (Wildman–Crippen LogP) is 3.14. The lowest BCUT2D eigenvalue weighted by atomic mass is 9.97. The van der Waals surface area contributed by atoms with Crippen LogP contribution < -0.4 is 10.6 Å². The number of carbonyl (C=O) groups excluding carboxylic acids is 1. The summed E-state index contributed by atoms with van der Waals surface area (Å²) in [7, 11) is 0. The Labute approximate surface area is 162 Å². The number of H-pyrrole nitrogens is 1. The van der Waals surface area contributed by atoms with Crippen molar-refractivity contribution in [3.05, 3.63) is 53.4 Å². The fourth-order valence-corrected chi connectivity index (χ4v) is 3.76. The number of fused-ring (bicyclic) bond motifs is 3. The molecule has 0 spiro atoms. The monoisotopic (exact) mass is 369 g/mol. The lowest BCUT2D eigenvalue weighted by Crippen LogP contribution is -2.33. The van der Waals surface area contributed by atoms with Gasteiger partial charge in [0.25, 0.3) is 5.91 Å². The van der Waals surface area contributed by atoms with E-state index in [1.54, 1.807) is 0 Å². The molecule has 28 heavy (non-hydrogen) atoms. The van der Waals surface area contributed by atoms with Crippen LogP contribution in [0.25, 0.3) is 22.3 Å². The molecule has 0 fully saturated rings. The summed E-state index contributed by atoms with van der Waals surface area (Å²) in [6.45, 7) is 3.04. The van der Waals surface area contributed by atoms with Crippen molar-refractivity contribution in [2.75, 3.05) is 18.4 Å². The van der Waals surface area contributed by atoms with E-state index < -0.39 is 0 Å². The molecule has 2 aliphatic rings. The Hall–Kier alpha value is -3.59. The van der Waals surface area contributed by atoms with Crippen molar-refractivity contribution in [1.82, 2.24) is 20.3 Å². The third-order valence-corrected chi connectivity index (χ3v) is 5.16. The largest absolute Gasteiger partial charge is 0.358 e. The number of nitrogens with zero attached hydrogens (tertiary/aromatic N) is 2. The number of anilines is 1. The second kappa shape index (κ2) is 6.54. The van der Waals surface area contributed by atoms with Crippen LogP contribution in [0.2, 0.25) is 0 Å². The number of amides is 1. The summed E-state index contributed by atoms with van der Waals surface area (Å²) in [5.74, 6) is 7.05. The number of benzene rings is 1. The highest BCUT2D eigenvalue weighted by Gasteiger charge is 2.27. The molecule has 6 nitrogen and oxygen atoms in total.